The molecule has 0 saturated heterocycles. The molecule has 1 aromatic rings. The van der Waals surface area contributed by atoms with Gasteiger partial charge in [-0.1, -0.05) is 6.92 Å². The molecule has 0 spiro atoms. The van der Waals surface area contributed by atoms with E-state index in [2.05, 4.69) is 25.0 Å². The molecular formula is C14H23N3O2. The molecular weight excluding hydrogens is 242 g/mol. The van der Waals surface area contributed by atoms with Crippen LogP contribution < -0.4 is 0 Å². The average molecular weight is 265 g/mol. The third kappa shape index (κ3) is 4.06. The molecule has 0 radical (unpaired) electrons. The maximum absolute atomic E-state index is 11.0. The zero-order chi connectivity index (χ0) is 13.8. The van der Waals surface area contributed by atoms with Crippen molar-refractivity contribution in [2.75, 3.05) is 13.1 Å². The number of nitrogens with zero attached hydrogens (tertiary/aromatic N) is 3. The number of rotatable bonds is 8. The smallest absolute Gasteiger partial charge is 0.317 e. The van der Waals surface area contributed by atoms with Gasteiger partial charge >= 0.3 is 5.97 Å². The largest absolute Gasteiger partial charge is 0.480 e. The molecule has 0 aliphatic heterocycles. The Morgan fingerprint density at radius 2 is 2.26 bits per heavy atom. The molecule has 1 aliphatic carbocycles. The fourth-order valence-corrected chi connectivity index (χ4v) is 2.36. The maximum Gasteiger partial charge on any atom is 0.317 e. The summed E-state index contributed by atoms with van der Waals surface area (Å²) in [5.41, 5.74) is 2.21. The molecule has 0 unspecified atom stereocenters. The van der Waals surface area contributed by atoms with Crippen molar-refractivity contribution in [3.8, 4) is 0 Å². The Labute approximate surface area is 114 Å². The number of aromatic nitrogens is 2. The molecule has 1 aromatic heterocycles. The van der Waals surface area contributed by atoms with Crippen LogP contribution in [-0.2, 0) is 24.3 Å². The molecule has 0 amide bonds. The third-order valence-electron chi connectivity index (χ3n) is 3.53. The van der Waals surface area contributed by atoms with Gasteiger partial charge in [0.05, 0.1) is 17.9 Å². The number of aliphatic carboxylic acids is 1. The van der Waals surface area contributed by atoms with Gasteiger partial charge < -0.3 is 5.11 Å². The van der Waals surface area contributed by atoms with Gasteiger partial charge in [-0.05, 0) is 38.2 Å². The molecule has 5 nitrogen and oxygen atoms in total. The second-order valence-electron chi connectivity index (χ2n) is 5.30. The second-order valence-corrected chi connectivity index (χ2v) is 5.30. The van der Waals surface area contributed by atoms with Gasteiger partial charge in [-0.3, -0.25) is 14.4 Å². The van der Waals surface area contributed by atoms with E-state index in [9.17, 15) is 4.79 Å². The Morgan fingerprint density at radius 3 is 2.79 bits per heavy atom. The highest BCUT2D eigenvalue weighted by Crippen LogP contribution is 2.30. The van der Waals surface area contributed by atoms with Crippen LogP contribution in [-0.4, -0.2) is 38.8 Å². The fourth-order valence-electron chi connectivity index (χ4n) is 2.36. The van der Waals surface area contributed by atoms with Crippen LogP contribution in [0.4, 0.5) is 0 Å². The highest BCUT2D eigenvalue weighted by Gasteiger charge is 2.25. The number of hydrogen-bond donors (Lipinski definition) is 1. The Balaban J connectivity index is 2.05. The van der Waals surface area contributed by atoms with Crippen molar-refractivity contribution >= 4 is 5.97 Å². The Hall–Kier alpha value is -1.36. The summed E-state index contributed by atoms with van der Waals surface area (Å²) in [7, 11) is 0. The molecule has 0 bridgehead atoms. The molecule has 5 heteroatoms. The van der Waals surface area contributed by atoms with Crippen LogP contribution in [0.1, 0.15) is 38.1 Å². The Kier molecular flexibility index (Phi) is 4.58. The number of carboxylic acids is 1. The van der Waals surface area contributed by atoms with E-state index in [4.69, 9.17) is 5.11 Å². The molecule has 19 heavy (non-hydrogen) atoms. The SMILES string of the molecule is CCc1cc(CN(CC(=O)O)CC2CC2)n(CC)n1. The lowest BCUT2D eigenvalue weighted by atomic mass is 10.2. The van der Waals surface area contributed by atoms with E-state index in [1.54, 1.807) is 0 Å². The van der Waals surface area contributed by atoms with Crippen LogP contribution in [0.3, 0.4) is 0 Å². The predicted molar refractivity (Wildman–Crippen MR) is 72.9 cm³/mol. The van der Waals surface area contributed by atoms with E-state index < -0.39 is 5.97 Å². The zero-order valence-electron chi connectivity index (χ0n) is 11.8. The summed E-state index contributed by atoms with van der Waals surface area (Å²) in [5, 5.41) is 13.5. The first-order valence-corrected chi connectivity index (χ1v) is 7.12. The first kappa shape index (κ1) is 14.1. The van der Waals surface area contributed by atoms with E-state index in [-0.39, 0.29) is 6.54 Å². The van der Waals surface area contributed by atoms with E-state index in [0.717, 1.165) is 30.9 Å². The molecule has 2 rings (SSSR count). The normalized spacial score (nSPS) is 15.1. The third-order valence-corrected chi connectivity index (χ3v) is 3.53. The van der Waals surface area contributed by atoms with E-state index in [1.807, 2.05) is 9.58 Å². The predicted octanol–water partition coefficient (Wildman–Crippen LogP) is 1.76. The summed E-state index contributed by atoms with van der Waals surface area (Å²) in [6.07, 6.45) is 3.40. The number of carboxylic acid groups (broad SMARTS) is 1. The van der Waals surface area contributed by atoms with Crippen molar-refractivity contribution < 1.29 is 9.90 Å². The van der Waals surface area contributed by atoms with Gasteiger partial charge in [-0.25, -0.2) is 0 Å². The van der Waals surface area contributed by atoms with Gasteiger partial charge in [0.15, 0.2) is 0 Å². The minimum absolute atomic E-state index is 0.118. The Bertz CT molecular complexity index is 438. The summed E-state index contributed by atoms with van der Waals surface area (Å²) in [4.78, 5) is 13.0. The number of hydrogen-bond acceptors (Lipinski definition) is 3. The van der Waals surface area contributed by atoms with Crippen LogP contribution in [0, 0.1) is 5.92 Å². The molecule has 0 atom stereocenters. The first-order chi connectivity index (χ1) is 9.12. The second kappa shape index (κ2) is 6.19. The summed E-state index contributed by atoms with van der Waals surface area (Å²) < 4.78 is 1.99. The van der Waals surface area contributed by atoms with Crippen molar-refractivity contribution in [1.82, 2.24) is 14.7 Å². The lowest BCUT2D eigenvalue weighted by molar-refractivity contribution is -0.138. The molecule has 1 fully saturated rings. The molecule has 106 valence electrons. The van der Waals surface area contributed by atoms with Crippen molar-refractivity contribution in [2.45, 2.75) is 46.2 Å². The number of aryl methyl sites for hydroxylation is 2. The van der Waals surface area contributed by atoms with Gasteiger partial charge in [0.2, 0.25) is 0 Å². The van der Waals surface area contributed by atoms with E-state index >= 15 is 0 Å². The van der Waals surface area contributed by atoms with Crippen LogP contribution in [0.2, 0.25) is 0 Å². The monoisotopic (exact) mass is 265 g/mol. The van der Waals surface area contributed by atoms with Crippen molar-refractivity contribution in [3.05, 3.63) is 17.5 Å². The minimum atomic E-state index is -0.751. The lowest BCUT2D eigenvalue weighted by Gasteiger charge is -2.20. The summed E-state index contributed by atoms with van der Waals surface area (Å²) >= 11 is 0. The highest BCUT2D eigenvalue weighted by atomic mass is 16.4. The molecule has 1 saturated carbocycles. The fraction of sp³-hybridized carbons (Fsp3) is 0.714. The molecule has 1 aliphatic rings. The molecule has 1 N–H and O–H groups in total. The van der Waals surface area contributed by atoms with E-state index in [0.29, 0.717) is 12.5 Å². The molecule has 0 aromatic carbocycles. The van der Waals surface area contributed by atoms with Gasteiger partial charge in [-0.2, -0.15) is 5.10 Å². The van der Waals surface area contributed by atoms with Gasteiger partial charge in [0, 0.05) is 19.6 Å². The zero-order valence-corrected chi connectivity index (χ0v) is 11.8. The minimum Gasteiger partial charge on any atom is -0.480 e. The Morgan fingerprint density at radius 1 is 1.53 bits per heavy atom. The lowest BCUT2D eigenvalue weighted by Crippen LogP contribution is -2.32. The van der Waals surface area contributed by atoms with E-state index in [1.165, 1.54) is 12.8 Å². The standard InChI is InChI=1S/C14H23N3O2/c1-3-12-7-13(17(4-2)15-12)9-16(10-14(18)19)8-11-5-6-11/h7,11H,3-6,8-10H2,1-2H3,(H,18,19). The van der Waals surface area contributed by atoms with Gasteiger partial charge in [0.1, 0.15) is 0 Å². The van der Waals surface area contributed by atoms with Crippen molar-refractivity contribution in [2.24, 2.45) is 5.92 Å². The van der Waals surface area contributed by atoms with Crippen LogP contribution in [0.25, 0.3) is 0 Å². The molecule has 1 heterocycles. The van der Waals surface area contributed by atoms with Crippen LogP contribution in [0.5, 0.6) is 0 Å². The average Bonchev–Trinajstić information content (AvgIpc) is 3.07. The van der Waals surface area contributed by atoms with Gasteiger partial charge in [0.25, 0.3) is 0 Å². The summed E-state index contributed by atoms with van der Waals surface area (Å²) in [5.74, 6) is -0.0538. The summed E-state index contributed by atoms with van der Waals surface area (Å²) in [6, 6.07) is 2.10. The quantitative estimate of drug-likeness (QED) is 0.778. The van der Waals surface area contributed by atoms with Gasteiger partial charge in [-0.15, -0.1) is 0 Å². The summed E-state index contributed by atoms with van der Waals surface area (Å²) in [6.45, 7) is 6.68. The highest BCUT2D eigenvalue weighted by molar-refractivity contribution is 5.69. The van der Waals surface area contributed by atoms with Crippen molar-refractivity contribution in [3.63, 3.8) is 0 Å². The number of carbonyl (C=O) groups is 1. The van der Waals surface area contributed by atoms with Crippen LogP contribution in [0.15, 0.2) is 6.07 Å². The van der Waals surface area contributed by atoms with Crippen molar-refractivity contribution in [1.29, 1.82) is 0 Å². The van der Waals surface area contributed by atoms with Crippen LogP contribution >= 0.6 is 0 Å². The maximum atomic E-state index is 11.0. The first-order valence-electron chi connectivity index (χ1n) is 7.12. The topological polar surface area (TPSA) is 58.4 Å².